The van der Waals surface area contributed by atoms with Gasteiger partial charge in [0.1, 0.15) is 0 Å². The van der Waals surface area contributed by atoms with Gasteiger partial charge in [0.2, 0.25) is 0 Å². The zero-order valence-electron chi connectivity index (χ0n) is 16.2. The highest BCUT2D eigenvalue weighted by Gasteiger charge is 2.20. The molecule has 0 bridgehead atoms. The second-order valence-corrected chi connectivity index (χ2v) is 6.80. The number of halogens is 1. The first-order valence-corrected chi connectivity index (χ1v) is 9.44. The Hall–Kier alpha value is -1.31. The van der Waals surface area contributed by atoms with Crippen molar-refractivity contribution in [3.8, 4) is 0 Å². The molecule has 0 aromatic heterocycles. The summed E-state index contributed by atoms with van der Waals surface area (Å²) in [5.74, 6) is 1.73. The summed E-state index contributed by atoms with van der Waals surface area (Å²) in [6.45, 7) is 3.08. The highest BCUT2D eigenvalue weighted by atomic mass is 127. The average Bonchev–Trinajstić information content (AvgIpc) is 2.67. The van der Waals surface area contributed by atoms with Crippen molar-refractivity contribution in [2.75, 3.05) is 20.6 Å². The molecule has 146 valence electrons. The van der Waals surface area contributed by atoms with Gasteiger partial charge in [-0.1, -0.05) is 25.5 Å². The molecule has 26 heavy (non-hydrogen) atoms. The van der Waals surface area contributed by atoms with E-state index in [2.05, 4.69) is 33.9 Å². The highest BCUT2D eigenvalue weighted by Crippen LogP contribution is 2.26. The third kappa shape index (κ3) is 7.13. The van der Waals surface area contributed by atoms with E-state index in [1.54, 1.807) is 7.05 Å². The molecule has 0 aliphatic heterocycles. The van der Waals surface area contributed by atoms with Crippen molar-refractivity contribution in [2.45, 2.75) is 51.5 Å². The fourth-order valence-electron chi connectivity index (χ4n) is 3.44. The van der Waals surface area contributed by atoms with Gasteiger partial charge in [0, 0.05) is 32.2 Å². The van der Waals surface area contributed by atoms with Crippen LogP contribution in [0.2, 0.25) is 0 Å². The van der Waals surface area contributed by atoms with Crippen molar-refractivity contribution in [3.63, 3.8) is 0 Å². The first kappa shape index (κ1) is 22.7. The third-order valence-corrected chi connectivity index (χ3v) is 5.11. The Kier molecular flexibility index (Phi) is 10.6. The van der Waals surface area contributed by atoms with Crippen molar-refractivity contribution in [1.82, 2.24) is 16.0 Å². The van der Waals surface area contributed by atoms with Gasteiger partial charge in [-0.15, -0.1) is 24.0 Å². The number of benzene rings is 1. The molecule has 1 saturated carbocycles. The van der Waals surface area contributed by atoms with E-state index in [-0.39, 0.29) is 29.9 Å². The molecule has 1 aromatic carbocycles. The number of amides is 1. The van der Waals surface area contributed by atoms with Crippen molar-refractivity contribution in [1.29, 1.82) is 0 Å². The minimum Gasteiger partial charge on any atom is -0.356 e. The highest BCUT2D eigenvalue weighted by molar-refractivity contribution is 14.0. The van der Waals surface area contributed by atoms with Gasteiger partial charge in [0.15, 0.2) is 5.96 Å². The molecule has 3 N–H and O–H groups in total. The van der Waals surface area contributed by atoms with Crippen LogP contribution in [0.5, 0.6) is 0 Å². The topological polar surface area (TPSA) is 65.5 Å². The minimum absolute atomic E-state index is 0. The Morgan fingerprint density at radius 3 is 2.58 bits per heavy atom. The molecular weight excluding hydrogens is 439 g/mol. The summed E-state index contributed by atoms with van der Waals surface area (Å²) in [6, 6.07) is 8.30. The number of hydrogen-bond donors (Lipinski definition) is 3. The van der Waals surface area contributed by atoms with Crippen molar-refractivity contribution in [2.24, 2.45) is 10.9 Å². The molecule has 2 rings (SSSR count). The number of carbonyl (C=O) groups is 1. The third-order valence-electron chi connectivity index (χ3n) is 5.11. The van der Waals surface area contributed by atoms with Crippen LogP contribution in [0, 0.1) is 5.92 Å². The molecule has 0 unspecified atom stereocenters. The first-order chi connectivity index (χ1) is 12.2. The summed E-state index contributed by atoms with van der Waals surface area (Å²) in [5, 5.41) is 9.60. The smallest absolute Gasteiger partial charge is 0.251 e. The summed E-state index contributed by atoms with van der Waals surface area (Å²) in [5.41, 5.74) is 1.85. The van der Waals surface area contributed by atoms with Crippen LogP contribution in [-0.2, 0) is 6.42 Å². The van der Waals surface area contributed by atoms with Crippen LogP contribution in [0.15, 0.2) is 29.3 Å². The number of guanidine groups is 1. The van der Waals surface area contributed by atoms with E-state index < -0.39 is 0 Å². The molecule has 1 aliphatic rings. The van der Waals surface area contributed by atoms with Crippen LogP contribution in [0.25, 0.3) is 0 Å². The van der Waals surface area contributed by atoms with Gasteiger partial charge >= 0.3 is 0 Å². The monoisotopic (exact) mass is 472 g/mol. The van der Waals surface area contributed by atoms with Crippen LogP contribution in [0.1, 0.15) is 54.9 Å². The fraction of sp³-hybridized carbons (Fsp3) is 0.600. The minimum atomic E-state index is -0.0463. The standard InChI is InChI=1S/C20H32N4O.HI/c1-4-15-8-10-18(11-9-15)24-20(22-3)23-13-12-16-6-5-7-17(14-16)19(25)21-2;/h5-7,14-15,18H,4,8-13H2,1-3H3,(H,21,25)(H2,22,23,24);1H. The van der Waals surface area contributed by atoms with E-state index in [1.165, 1.54) is 32.1 Å². The van der Waals surface area contributed by atoms with Gasteiger partial charge in [-0.05, 0) is 55.7 Å². The Bertz CT molecular complexity index is 583. The fourth-order valence-corrected chi connectivity index (χ4v) is 3.44. The molecule has 1 fully saturated rings. The van der Waals surface area contributed by atoms with Crippen molar-refractivity contribution in [3.05, 3.63) is 35.4 Å². The summed E-state index contributed by atoms with van der Waals surface area (Å²) < 4.78 is 0. The van der Waals surface area contributed by atoms with Crippen LogP contribution in [0.3, 0.4) is 0 Å². The van der Waals surface area contributed by atoms with E-state index >= 15 is 0 Å². The lowest BCUT2D eigenvalue weighted by Crippen LogP contribution is -2.45. The maximum Gasteiger partial charge on any atom is 0.251 e. The molecule has 1 amide bonds. The molecule has 0 spiro atoms. The number of rotatable bonds is 6. The number of nitrogens with one attached hydrogen (secondary N) is 3. The molecule has 0 heterocycles. The molecule has 1 aromatic rings. The number of aliphatic imine (C=N–C) groups is 1. The first-order valence-electron chi connectivity index (χ1n) is 9.44. The normalized spacial score (nSPS) is 20.0. The van der Waals surface area contributed by atoms with Crippen LogP contribution < -0.4 is 16.0 Å². The number of hydrogen-bond acceptors (Lipinski definition) is 2. The van der Waals surface area contributed by atoms with Gasteiger partial charge in [0.05, 0.1) is 0 Å². The zero-order valence-corrected chi connectivity index (χ0v) is 18.5. The van der Waals surface area contributed by atoms with Gasteiger partial charge < -0.3 is 16.0 Å². The Morgan fingerprint density at radius 2 is 1.96 bits per heavy atom. The summed E-state index contributed by atoms with van der Waals surface area (Å²) in [4.78, 5) is 16.0. The molecule has 0 radical (unpaired) electrons. The lowest BCUT2D eigenvalue weighted by Gasteiger charge is -2.29. The molecule has 0 saturated heterocycles. The number of carbonyl (C=O) groups excluding carboxylic acids is 1. The predicted octanol–water partition coefficient (Wildman–Crippen LogP) is 3.34. The Morgan fingerprint density at radius 1 is 1.23 bits per heavy atom. The molecule has 1 aliphatic carbocycles. The van der Waals surface area contributed by atoms with Gasteiger partial charge in [-0.2, -0.15) is 0 Å². The maximum absolute atomic E-state index is 11.7. The Balaban J connectivity index is 0.00000338. The van der Waals surface area contributed by atoms with E-state index in [0.29, 0.717) is 11.6 Å². The lowest BCUT2D eigenvalue weighted by molar-refractivity contribution is 0.0963. The quantitative estimate of drug-likeness (QED) is 0.338. The molecule has 6 heteroatoms. The van der Waals surface area contributed by atoms with E-state index in [1.807, 2.05) is 25.2 Å². The molecule has 5 nitrogen and oxygen atoms in total. The van der Waals surface area contributed by atoms with E-state index in [9.17, 15) is 4.79 Å². The van der Waals surface area contributed by atoms with Crippen molar-refractivity contribution >= 4 is 35.8 Å². The van der Waals surface area contributed by atoms with Gasteiger partial charge in [0.25, 0.3) is 5.91 Å². The molecular formula is C20H33IN4O. The van der Waals surface area contributed by atoms with Crippen molar-refractivity contribution < 1.29 is 4.79 Å². The maximum atomic E-state index is 11.7. The SMILES string of the molecule is CCC1CCC(NC(=NC)NCCc2cccc(C(=O)NC)c2)CC1.I. The van der Waals surface area contributed by atoms with Crippen LogP contribution in [-0.4, -0.2) is 38.5 Å². The lowest BCUT2D eigenvalue weighted by atomic mass is 9.84. The molecule has 0 atom stereocenters. The summed E-state index contributed by atoms with van der Waals surface area (Å²) in [7, 11) is 3.47. The van der Waals surface area contributed by atoms with Gasteiger partial charge in [-0.25, -0.2) is 0 Å². The largest absolute Gasteiger partial charge is 0.356 e. The second kappa shape index (κ2) is 12.1. The zero-order chi connectivity index (χ0) is 18.1. The van der Waals surface area contributed by atoms with E-state index in [0.717, 1.165) is 30.4 Å². The predicted molar refractivity (Wildman–Crippen MR) is 119 cm³/mol. The summed E-state index contributed by atoms with van der Waals surface area (Å²) >= 11 is 0. The van der Waals surface area contributed by atoms with Gasteiger partial charge in [-0.3, -0.25) is 9.79 Å². The van der Waals surface area contributed by atoms with Crippen LogP contribution in [0.4, 0.5) is 0 Å². The summed E-state index contributed by atoms with van der Waals surface area (Å²) in [6.07, 6.45) is 7.25. The average molecular weight is 472 g/mol. The second-order valence-electron chi connectivity index (χ2n) is 6.80. The van der Waals surface area contributed by atoms with E-state index in [4.69, 9.17) is 0 Å². The number of nitrogens with zero attached hydrogens (tertiary/aromatic N) is 1. The van der Waals surface area contributed by atoms with Crippen LogP contribution >= 0.6 is 24.0 Å². The Labute approximate surface area is 174 Å².